The maximum atomic E-state index is 11.1. The summed E-state index contributed by atoms with van der Waals surface area (Å²) in [5.74, 6) is -0.368. The van der Waals surface area contributed by atoms with Gasteiger partial charge in [-0.15, -0.1) is 0 Å². The van der Waals surface area contributed by atoms with E-state index in [2.05, 4.69) is 98.1 Å². The van der Waals surface area contributed by atoms with E-state index in [1.165, 1.54) is 22.8 Å². The molecular formula is C26H27NO2. The van der Waals surface area contributed by atoms with Gasteiger partial charge in [-0.1, -0.05) is 54.1 Å². The third-order valence-electron chi connectivity index (χ3n) is 4.80. The van der Waals surface area contributed by atoms with Crippen LogP contribution in [0, 0.1) is 13.8 Å². The lowest BCUT2D eigenvalue weighted by atomic mass is 10.1. The van der Waals surface area contributed by atoms with E-state index in [-0.39, 0.29) is 5.97 Å². The van der Waals surface area contributed by atoms with E-state index >= 15 is 0 Å². The summed E-state index contributed by atoms with van der Waals surface area (Å²) in [6, 6.07) is 25.7. The van der Waals surface area contributed by atoms with Crippen molar-refractivity contribution in [2.24, 2.45) is 0 Å². The molecule has 0 saturated heterocycles. The van der Waals surface area contributed by atoms with Gasteiger partial charge in [-0.3, -0.25) is 0 Å². The molecule has 0 amide bonds. The molecule has 0 spiro atoms. The molecule has 148 valence electrons. The number of ether oxygens (including phenoxy) is 1. The Hall–Kier alpha value is -3.33. The van der Waals surface area contributed by atoms with Gasteiger partial charge in [0.15, 0.2) is 0 Å². The van der Waals surface area contributed by atoms with Gasteiger partial charge in [-0.2, -0.15) is 0 Å². The van der Waals surface area contributed by atoms with E-state index in [0.29, 0.717) is 6.61 Å². The molecule has 0 heterocycles. The molecule has 29 heavy (non-hydrogen) atoms. The molecule has 0 fully saturated rings. The van der Waals surface area contributed by atoms with Gasteiger partial charge in [0, 0.05) is 23.1 Å². The minimum Gasteiger partial charge on any atom is -0.463 e. The maximum Gasteiger partial charge on any atom is 0.330 e. The molecular weight excluding hydrogens is 358 g/mol. The Balaban J connectivity index is 1.79. The summed E-state index contributed by atoms with van der Waals surface area (Å²) in [6.07, 6.45) is 2.85. The lowest BCUT2D eigenvalue weighted by Crippen LogP contribution is -2.10. The molecule has 3 heteroatoms. The highest BCUT2D eigenvalue weighted by Gasteiger charge is 2.12. The molecule has 0 bridgehead atoms. The number of anilines is 3. The normalized spacial score (nSPS) is 10.4. The van der Waals surface area contributed by atoms with E-state index in [9.17, 15) is 4.79 Å². The topological polar surface area (TPSA) is 29.5 Å². The van der Waals surface area contributed by atoms with Crippen LogP contribution in [0.4, 0.5) is 17.1 Å². The molecule has 3 aromatic carbocycles. The number of carbonyl (C=O) groups is 1. The van der Waals surface area contributed by atoms with Crippen molar-refractivity contribution in [3.05, 3.63) is 102 Å². The molecule has 3 aromatic rings. The van der Waals surface area contributed by atoms with Gasteiger partial charge in [0.25, 0.3) is 0 Å². The zero-order chi connectivity index (χ0) is 20.6. The predicted molar refractivity (Wildman–Crippen MR) is 120 cm³/mol. The average molecular weight is 386 g/mol. The molecule has 0 aliphatic heterocycles. The van der Waals surface area contributed by atoms with Crippen LogP contribution in [0.2, 0.25) is 0 Å². The smallest absolute Gasteiger partial charge is 0.330 e. The van der Waals surface area contributed by atoms with Gasteiger partial charge in [-0.25, -0.2) is 4.79 Å². The molecule has 0 aromatic heterocycles. The Morgan fingerprint density at radius 2 is 1.28 bits per heavy atom. The summed E-state index contributed by atoms with van der Waals surface area (Å²) < 4.78 is 5.04. The van der Waals surface area contributed by atoms with E-state index in [1.807, 2.05) is 0 Å². The van der Waals surface area contributed by atoms with Gasteiger partial charge in [0.05, 0.1) is 6.61 Å². The van der Waals surface area contributed by atoms with Gasteiger partial charge in [-0.05, 0) is 68.7 Å². The molecule has 0 saturated carbocycles. The molecule has 3 rings (SSSR count). The van der Waals surface area contributed by atoms with Crippen LogP contribution < -0.4 is 4.90 Å². The van der Waals surface area contributed by atoms with Crippen molar-refractivity contribution in [1.29, 1.82) is 0 Å². The fourth-order valence-electron chi connectivity index (χ4n) is 3.15. The Bertz CT molecular complexity index is 896. The predicted octanol–water partition coefficient (Wildman–Crippen LogP) is 6.44. The molecule has 0 N–H and O–H groups in total. The van der Waals surface area contributed by atoms with Crippen molar-refractivity contribution >= 4 is 23.0 Å². The van der Waals surface area contributed by atoms with Crippen LogP contribution in [-0.4, -0.2) is 12.6 Å². The van der Waals surface area contributed by atoms with Crippen LogP contribution >= 0.6 is 0 Å². The minimum absolute atomic E-state index is 0.368. The first-order valence-electron chi connectivity index (χ1n) is 9.88. The maximum absolute atomic E-state index is 11.1. The van der Waals surface area contributed by atoms with Crippen molar-refractivity contribution in [1.82, 2.24) is 0 Å². The first-order chi connectivity index (χ1) is 14.1. The summed E-state index contributed by atoms with van der Waals surface area (Å²) in [4.78, 5) is 13.4. The molecule has 0 aliphatic carbocycles. The van der Waals surface area contributed by atoms with Gasteiger partial charge in [0.1, 0.15) is 0 Å². The first kappa shape index (κ1) is 20.4. The quantitative estimate of drug-likeness (QED) is 0.254. The van der Waals surface area contributed by atoms with Crippen LogP contribution in [0.25, 0.3) is 0 Å². The highest BCUT2D eigenvalue weighted by Crippen LogP contribution is 2.34. The number of nitrogens with zero attached hydrogens (tertiary/aromatic N) is 1. The molecule has 0 aliphatic rings. The third kappa shape index (κ3) is 5.58. The second-order valence-electron chi connectivity index (χ2n) is 7.15. The van der Waals surface area contributed by atoms with Crippen molar-refractivity contribution in [2.45, 2.75) is 26.7 Å². The Morgan fingerprint density at radius 1 is 0.828 bits per heavy atom. The second kappa shape index (κ2) is 9.74. The van der Waals surface area contributed by atoms with E-state index in [1.54, 1.807) is 0 Å². The monoisotopic (exact) mass is 385 g/mol. The lowest BCUT2D eigenvalue weighted by molar-refractivity contribution is -0.137. The van der Waals surface area contributed by atoms with Gasteiger partial charge >= 0.3 is 5.97 Å². The highest BCUT2D eigenvalue weighted by atomic mass is 16.5. The zero-order valence-corrected chi connectivity index (χ0v) is 17.1. The molecule has 0 radical (unpaired) electrons. The summed E-state index contributed by atoms with van der Waals surface area (Å²) in [5, 5.41) is 0. The Kier molecular flexibility index (Phi) is 6.85. The zero-order valence-electron chi connectivity index (χ0n) is 17.1. The van der Waals surface area contributed by atoms with Crippen molar-refractivity contribution in [3.63, 3.8) is 0 Å². The fraction of sp³-hybridized carbons (Fsp3) is 0.192. The first-order valence-corrected chi connectivity index (χ1v) is 9.88. The third-order valence-corrected chi connectivity index (χ3v) is 4.80. The van der Waals surface area contributed by atoms with Crippen LogP contribution in [-0.2, 0) is 16.0 Å². The summed E-state index contributed by atoms with van der Waals surface area (Å²) >= 11 is 0. The number of hydrogen-bond acceptors (Lipinski definition) is 3. The van der Waals surface area contributed by atoms with Crippen LogP contribution in [0.3, 0.4) is 0 Å². The Morgan fingerprint density at radius 3 is 1.72 bits per heavy atom. The summed E-state index contributed by atoms with van der Waals surface area (Å²) in [7, 11) is 0. The Labute approximate surface area is 173 Å². The largest absolute Gasteiger partial charge is 0.463 e. The summed E-state index contributed by atoms with van der Waals surface area (Å²) in [5.41, 5.74) is 7.07. The molecule has 0 atom stereocenters. The minimum atomic E-state index is -0.368. The van der Waals surface area contributed by atoms with E-state index < -0.39 is 0 Å². The van der Waals surface area contributed by atoms with Crippen molar-refractivity contribution in [3.8, 4) is 0 Å². The van der Waals surface area contributed by atoms with Gasteiger partial charge in [0.2, 0.25) is 0 Å². The second-order valence-corrected chi connectivity index (χ2v) is 7.15. The standard InChI is InChI=1S/C26H27NO2/c1-4-26(28)29-19-5-6-22-11-17-25(18-12-22)27(23-13-7-20(2)8-14-23)24-15-9-21(3)10-16-24/h4,7-18H,1,5-6,19H2,2-3H3. The van der Waals surface area contributed by atoms with E-state index in [0.717, 1.165) is 29.9 Å². The van der Waals surface area contributed by atoms with Gasteiger partial charge < -0.3 is 9.64 Å². The number of rotatable bonds is 8. The SMILES string of the molecule is C=CC(=O)OCCCc1ccc(N(c2ccc(C)cc2)c2ccc(C)cc2)cc1. The van der Waals surface area contributed by atoms with E-state index in [4.69, 9.17) is 4.74 Å². The number of hydrogen-bond donors (Lipinski definition) is 0. The number of aryl methyl sites for hydroxylation is 3. The average Bonchev–Trinajstić information content (AvgIpc) is 2.75. The van der Waals surface area contributed by atoms with Crippen LogP contribution in [0.15, 0.2) is 85.5 Å². The summed E-state index contributed by atoms with van der Waals surface area (Å²) in [6.45, 7) is 8.01. The molecule has 0 unspecified atom stereocenters. The number of benzene rings is 3. The van der Waals surface area contributed by atoms with Crippen molar-refractivity contribution < 1.29 is 9.53 Å². The highest BCUT2D eigenvalue weighted by molar-refractivity contribution is 5.81. The number of carbonyl (C=O) groups excluding carboxylic acids is 1. The van der Waals surface area contributed by atoms with Crippen LogP contribution in [0.5, 0.6) is 0 Å². The van der Waals surface area contributed by atoms with Crippen LogP contribution in [0.1, 0.15) is 23.1 Å². The number of esters is 1. The van der Waals surface area contributed by atoms with Crippen molar-refractivity contribution in [2.75, 3.05) is 11.5 Å². The lowest BCUT2D eigenvalue weighted by Gasteiger charge is -2.26. The molecule has 3 nitrogen and oxygen atoms in total. The fourth-order valence-corrected chi connectivity index (χ4v) is 3.15.